The van der Waals surface area contributed by atoms with E-state index in [1.807, 2.05) is 30.3 Å². The van der Waals surface area contributed by atoms with E-state index in [2.05, 4.69) is 6.07 Å². The smallest absolute Gasteiger partial charge is 0.376 e. The zero-order valence-electron chi connectivity index (χ0n) is 15.9. The molecule has 0 bridgehead atoms. The Morgan fingerprint density at radius 3 is 2.10 bits per heavy atom. The van der Waals surface area contributed by atoms with Crippen molar-refractivity contribution in [3.8, 4) is 6.07 Å². The SMILES string of the molecule is CC(O)(c1ccc(C(=O)N2CCC(C#N)(c3ccccc3)CC2)cc1)C(F)(F)F. The van der Waals surface area contributed by atoms with Crippen LogP contribution in [-0.4, -0.2) is 35.2 Å². The topological polar surface area (TPSA) is 64.3 Å². The van der Waals surface area contributed by atoms with Crippen molar-refractivity contribution in [2.45, 2.75) is 37.0 Å². The highest BCUT2D eigenvalue weighted by Gasteiger charge is 2.51. The monoisotopic (exact) mass is 402 g/mol. The Morgan fingerprint density at radius 1 is 1.07 bits per heavy atom. The van der Waals surface area contributed by atoms with Gasteiger partial charge in [0, 0.05) is 18.7 Å². The fourth-order valence-electron chi connectivity index (χ4n) is 3.60. The van der Waals surface area contributed by atoms with Crippen molar-refractivity contribution in [3.05, 3.63) is 71.3 Å². The molecule has 29 heavy (non-hydrogen) atoms. The van der Waals surface area contributed by atoms with Crippen LogP contribution in [0, 0.1) is 11.3 Å². The summed E-state index contributed by atoms with van der Waals surface area (Å²) in [5.74, 6) is -0.303. The summed E-state index contributed by atoms with van der Waals surface area (Å²) in [5, 5.41) is 19.5. The molecule has 2 aromatic rings. The quantitative estimate of drug-likeness (QED) is 0.839. The number of nitriles is 1. The van der Waals surface area contributed by atoms with Gasteiger partial charge in [0.25, 0.3) is 5.91 Å². The third kappa shape index (κ3) is 3.85. The van der Waals surface area contributed by atoms with Gasteiger partial charge in [0.05, 0.1) is 11.5 Å². The van der Waals surface area contributed by atoms with Crippen LogP contribution in [0.25, 0.3) is 0 Å². The van der Waals surface area contributed by atoms with Gasteiger partial charge < -0.3 is 10.0 Å². The number of aliphatic hydroxyl groups is 1. The van der Waals surface area contributed by atoms with E-state index >= 15 is 0 Å². The van der Waals surface area contributed by atoms with Crippen molar-refractivity contribution < 1.29 is 23.1 Å². The molecule has 1 aliphatic rings. The lowest BCUT2D eigenvalue weighted by molar-refractivity contribution is -0.258. The number of piperidine rings is 1. The first-order valence-corrected chi connectivity index (χ1v) is 9.26. The van der Waals surface area contributed by atoms with Crippen LogP contribution in [0.4, 0.5) is 13.2 Å². The Labute approximate surface area is 167 Å². The van der Waals surface area contributed by atoms with Crippen LogP contribution < -0.4 is 0 Å². The summed E-state index contributed by atoms with van der Waals surface area (Å²) in [5.41, 5.74) is -2.79. The molecule has 1 saturated heterocycles. The summed E-state index contributed by atoms with van der Waals surface area (Å²) in [4.78, 5) is 14.4. The van der Waals surface area contributed by atoms with E-state index in [1.165, 1.54) is 12.1 Å². The standard InChI is InChI=1S/C22H21F3N2O2/c1-20(29,22(23,24)25)17-9-7-16(8-10-17)19(28)27-13-11-21(15-26,12-14-27)18-5-3-2-4-6-18/h2-10,29H,11-14H2,1H3. The fourth-order valence-corrected chi connectivity index (χ4v) is 3.60. The first-order valence-electron chi connectivity index (χ1n) is 9.26. The predicted octanol–water partition coefficient (Wildman–Crippen LogP) is 4.15. The predicted molar refractivity (Wildman–Crippen MR) is 101 cm³/mol. The highest BCUT2D eigenvalue weighted by molar-refractivity contribution is 5.94. The second-order valence-corrected chi connectivity index (χ2v) is 7.50. The third-order valence-corrected chi connectivity index (χ3v) is 5.69. The van der Waals surface area contributed by atoms with Crippen LogP contribution in [-0.2, 0) is 11.0 Å². The van der Waals surface area contributed by atoms with Crippen molar-refractivity contribution in [1.29, 1.82) is 5.26 Å². The van der Waals surface area contributed by atoms with Gasteiger partial charge in [-0.15, -0.1) is 0 Å². The van der Waals surface area contributed by atoms with E-state index in [0.717, 1.165) is 17.7 Å². The van der Waals surface area contributed by atoms with Gasteiger partial charge in [-0.3, -0.25) is 4.79 Å². The molecule has 1 heterocycles. The largest absolute Gasteiger partial charge is 0.421 e. The molecular formula is C22H21F3N2O2. The molecule has 1 unspecified atom stereocenters. The summed E-state index contributed by atoms with van der Waals surface area (Å²) >= 11 is 0. The van der Waals surface area contributed by atoms with Gasteiger partial charge in [-0.05, 0) is 43.0 Å². The third-order valence-electron chi connectivity index (χ3n) is 5.69. The molecule has 4 nitrogen and oxygen atoms in total. The lowest BCUT2D eigenvalue weighted by atomic mass is 9.74. The van der Waals surface area contributed by atoms with Crippen molar-refractivity contribution in [2.24, 2.45) is 0 Å². The molecule has 0 saturated carbocycles. The lowest BCUT2D eigenvalue weighted by Gasteiger charge is -2.37. The number of hydrogen-bond acceptors (Lipinski definition) is 3. The number of nitrogens with zero attached hydrogens (tertiary/aromatic N) is 2. The molecule has 7 heteroatoms. The Kier molecular flexibility index (Phi) is 5.42. The Balaban J connectivity index is 1.72. The van der Waals surface area contributed by atoms with Crippen molar-refractivity contribution in [2.75, 3.05) is 13.1 Å². The minimum absolute atomic E-state index is 0.246. The number of likely N-dealkylation sites (tertiary alicyclic amines) is 1. The molecule has 3 rings (SSSR count). The number of carbonyl (C=O) groups is 1. The zero-order valence-corrected chi connectivity index (χ0v) is 15.9. The second-order valence-electron chi connectivity index (χ2n) is 7.50. The molecule has 0 aromatic heterocycles. The first-order chi connectivity index (χ1) is 13.6. The molecular weight excluding hydrogens is 381 g/mol. The van der Waals surface area contributed by atoms with Gasteiger partial charge >= 0.3 is 6.18 Å². The molecule has 1 amide bonds. The molecule has 0 spiro atoms. The maximum Gasteiger partial charge on any atom is 0.421 e. The summed E-state index contributed by atoms with van der Waals surface area (Å²) in [6.07, 6.45) is -3.84. The average molecular weight is 402 g/mol. The minimum atomic E-state index is -4.82. The fraction of sp³-hybridized carbons (Fsp3) is 0.364. The Hall–Kier alpha value is -2.85. The van der Waals surface area contributed by atoms with E-state index in [0.29, 0.717) is 32.9 Å². The summed E-state index contributed by atoms with van der Waals surface area (Å²) in [7, 11) is 0. The molecule has 1 aliphatic heterocycles. The van der Waals surface area contributed by atoms with Crippen molar-refractivity contribution in [3.63, 3.8) is 0 Å². The summed E-state index contributed by atoms with van der Waals surface area (Å²) < 4.78 is 38.9. The van der Waals surface area contributed by atoms with E-state index in [4.69, 9.17) is 0 Å². The number of amides is 1. The van der Waals surface area contributed by atoms with Gasteiger partial charge in [-0.2, -0.15) is 18.4 Å². The number of rotatable bonds is 3. The van der Waals surface area contributed by atoms with Crippen LogP contribution in [0.15, 0.2) is 54.6 Å². The van der Waals surface area contributed by atoms with Crippen LogP contribution >= 0.6 is 0 Å². The van der Waals surface area contributed by atoms with Crippen LogP contribution in [0.3, 0.4) is 0 Å². The first kappa shape index (κ1) is 20.9. The number of hydrogen-bond donors (Lipinski definition) is 1. The molecule has 1 fully saturated rings. The maximum absolute atomic E-state index is 13.0. The minimum Gasteiger partial charge on any atom is -0.376 e. The number of alkyl halides is 3. The van der Waals surface area contributed by atoms with E-state index in [-0.39, 0.29) is 17.0 Å². The van der Waals surface area contributed by atoms with E-state index < -0.39 is 17.2 Å². The zero-order chi connectivity index (χ0) is 21.3. The summed E-state index contributed by atoms with van der Waals surface area (Å²) in [6, 6.07) is 16.7. The lowest BCUT2D eigenvalue weighted by Crippen LogP contribution is -2.44. The second kappa shape index (κ2) is 7.53. The highest BCUT2D eigenvalue weighted by Crippen LogP contribution is 2.39. The van der Waals surface area contributed by atoms with Gasteiger partial charge in [0.15, 0.2) is 5.60 Å². The Bertz CT molecular complexity index is 908. The van der Waals surface area contributed by atoms with Gasteiger partial charge in [-0.25, -0.2) is 0 Å². The van der Waals surface area contributed by atoms with Gasteiger partial charge in [0.2, 0.25) is 0 Å². The Morgan fingerprint density at radius 2 is 1.62 bits per heavy atom. The van der Waals surface area contributed by atoms with E-state index in [1.54, 1.807) is 4.90 Å². The number of carbonyl (C=O) groups excluding carboxylic acids is 1. The van der Waals surface area contributed by atoms with Crippen LogP contribution in [0.1, 0.15) is 41.3 Å². The number of benzene rings is 2. The molecule has 152 valence electrons. The van der Waals surface area contributed by atoms with Crippen LogP contribution in [0.2, 0.25) is 0 Å². The molecule has 2 aromatic carbocycles. The molecule has 0 radical (unpaired) electrons. The van der Waals surface area contributed by atoms with Crippen molar-refractivity contribution >= 4 is 5.91 Å². The van der Waals surface area contributed by atoms with Gasteiger partial charge in [0.1, 0.15) is 0 Å². The normalized spacial score (nSPS) is 18.6. The maximum atomic E-state index is 13.0. The van der Waals surface area contributed by atoms with Crippen molar-refractivity contribution in [1.82, 2.24) is 4.90 Å². The van der Waals surface area contributed by atoms with E-state index in [9.17, 15) is 28.3 Å². The molecule has 1 N–H and O–H groups in total. The highest BCUT2D eigenvalue weighted by atomic mass is 19.4. The molecule has 0 aliphatic carbocycles. The molecule has 1 atom stereocenters. The van der Waals surface area contributed by atoms with Gasteiger partial charge in [-0.1, -0.05) is 42.5 Å². The summed E-state index contributed by atoms with van der Waals surface area (Å²) in [6.45, 7) is 1.44. The average Bonchev–Trinajstić information content (AvgIpc) is 2.73. The number of halogens is 3. The van der Waals surface area contributed by atoms with Crippen LogP contribution in [0.5, 0.6) is 0 Å².